The van der Waals surface area contributed by atoms with Crippen LogP contribution in [0, 0.1) is 0 Å². The predicted octanol–water partition coefficient (Wildman–Crippen LogP) is 0.228. The summed E-state index contributed by atoms with van der Waals surface area (Å²) >= 11 is 0. The molecule has 0 aromatic carbocycles. The van der Waals surface area contributed by atoms with Crippen LogP contribution in [0.4, 0.5) is 0 Å². The van der Waals surface area contributed by atoms with Gasteiger partial charge in [-0.3, -0.25) is 14.5 Å². The molecule has 0 aliphatic carbocycles. The molecule has 1 atom stereocenters. The first-order chi connectivity index (χ1) is 7.65. The van der Waals surface area contributed by atoms with Gasteiger partial charge in [-0.1, -0.05) is 6.08 Å². The summed E-state index contributed by atoms with van der Waals surface area (Å²) in [5.41, 5.74) is 0. The van der Waals surface area contributed by atoms with E-state index in [4.69, 9.17) is 5.11 Å². The molecule has 1 amide bonds. The highest BCUT2D eigenvalue weighted by Gasteiger charge is 2.30. The third kappa shape index (κ3) is 3.66. The molecule has 0 bridgehead atoms. The molecule has 16 heavy (non-hydrogen) atoms. The number of hydrogen-bond acceptors (Lipinski definition) is 3. The number of aliphatic carboxylic acids is 1. The summed E-state index contributed by atoms with van der Waals surface area (Å²) in [7, 11) is 0. The fourth-order valence-corrected chi connectivity index (χ4v) is 1.86. The maximum atomic E-state index is 11.5. The van der Waals surface area contributed by atoms with Crippen LogP contribution < -0.4 is 5.32 Å². The number of nitrogens with zero attached hydrogens (tertiary/aromatic N) is 1. The van der Waals surface area contributed by atoms with E-state index in [2.05, 4.69) is 11.9 Å². The van der Waals surface area contributed by atoms with E-state index in [1.165, 1.54) is 0 Å². The molecule has 1 unspecified atom stereocenters. The number of carboxylic acid groups (broad SMARTS) is 1. The minimum Gasteiger partial charge on any atom is -0.481 e. The van der Waals surface area contributed by atoms with Crippen molar-refractivity contribution in [3.05, 3.63) is 12.7 Å². The van der Waals surface area contributed by atoms with Gasteiger partial charge in [0.2, 0.25) is 5.91 Å². The monoisotopic (exact) mass is 226 g/mol. The van der Waals surface area contributed by atoms with Crippen LogP contribution in [0.25, 0.3) is 0 Å². The van der Waals surface area contributed by atoms with E-state index in [0.717, 1.165) is 25.9 Å². The van der Waals surface area contributed by atoms with Gasteiger partial charge in [0.1, 0.15) is 0 Å². The molecule has 0 spiro atoms. The molecule has 0 saturated carbocycles. The van der Waals surface area contributed by atoms with Crippen LogP contribution in [0.5, 0.6) is 0 Å². The lowest BCUT2D eigenvalue weighted by molar-refractivity contribution is -0.143. The number of hydrogen-bond donors (Lipinski definition) is 2. The molecule has 90 valence electrons. The summed E-state index contributed by atoms with van der Waals surface area (Å²) in [6.45, 7) is 5.70. The Hall–Kier alpha value is -1.36. The lowest BCUT2D eigenvalue weighted by Crippen LogP contribution is -2.56. The molecule has 1 rings (SSSR count). The molecule has 1 saturated heterocycles. The van der Waals surface area contributed by atoms with Crippen molar-refractivity contribution in [2.45, 2.75) is 25.3 Å². The second kappa shape index (κ2) is 6.27. The molecule has 0 aromatic heterocycles. The van der Waals surface area contributed by atoms with Crippen LogP contribution in [-0.2, 0) is 9.59 Å². The minimum atomic E-state index is -0.934. The van der Waals surface area contributed by atoms with Gasteiger partial charge in [0, 0.05) is 13.1 Å². The van der Waals surface area contributed by atoms with Crippen molar-refractivity contribution in [3.63, 3.8) is 0 Å². The Bertz CT molecular complexity index is 278. The summed E-state index contributed by atoms with van der Waals surface area (Å²) in [6.07, 6.45) is 3.50. The Balaban J connectivity index is 2.52. The molecule has 1 aliphatic rings. The van der Waals surface area contributed by atoms with E-state index in [1.54, 1.807) is 0 Å². The van der Waals surface area contributed by atoms with Crippen molar-refractivity contribution in [3.8, 4) is 0 Å². The van der Waals surface area contributed by atoms with Gasteiger partial charge in [-0.05, 0) is 19.4 Å². The third-order valence-electron chi connectivity index (χ3n) is 2.66. The molecule has 5 nitrogen and oxygen atoms in total. The van der Waals surface area contributed by atoms with Crippen molar-refractivity contribution in [2.24, 2.45) is 0 Å². The maximum absolute atomic E-state index is 11.5. The fourth-order valence-electron chi connectivity index (χ4n) is 1.86. The van der Waals surface area contributed by atoms with E-state index < -0.39 is 12.0 Å². The highest BCUT2D eigenvalue weighted by molar-refractivity contribution is 5.86. The second-order valence-corrected chi connectivity index (χ2v) is 3.87. The molecule has 1 aliphatic heterocycles. The van der Waals surface area contributed by atoms with Gasteiger partial charge in [-0.2, -0.15) is 0 Å². The summed E-state index contributed by atoms with van der Waals surface area (Å²) < 4.78 is 0. The minimum absolute atomic E-state index is 0.125. The van der Waals surface area contributed by atoms with Gasteiger partial charge in [0.25, 0.3) is 0 Å². The van der Waals surface area contributed by atoms with Crippen LogP contribution in [0.1, 0.15) is 19.3 Å². The number of piperazine rings is 1. The highest BCUT2D eigenvalue weighted by atomic mass is 16.4. The number of unbranched alkanes of at least 4 members (excludes halogenated alkanes) is 1. The van der Waals surface area contributed by atoms with E-state index in [1.807, 2.05) is 11.0 Å². The molecule has 0 radical (unpaired) electrons. The summed E-state index contributed by atoms with van der Waals surface area (Å²) in [5.74, 6) is -1.11. The number of allylic oxidation sites excluding steroid dienone is 1. The second-order valence-electron chi connectivity index (χ2n) is 3.87. The molecule has 1 fully saturated rings. The van der Waals surface area contributed by atoms with Gasteiger partial charge in [0.05, 0.1) is 12.5 Å². The topological polar surface area (TPSA) is 69.6 Å². The van der Waals surface area contributed by atoms with Gasteiger partial charge in [-0.15, -0.1) is 6.58 Å². The highest BCUT2D eigenvalue weighted by Crippen LogP contribution is 2.10. The Labute approximate surface area is 95.1 Å². The Kier molecular flexibility index (Phi) is 4.98. The lowest BCUT2D eigenvalue weighted by atomic mass is 10.1. The van der Waals surface area contributed by atoms with Gasteiger partial charge >= 0.3 is 5.97 Å². The SMILES string of the molecule is C=CCCCN1CCNC(=O)C1CC(=O)O. The zero-order chi connectivity index (χ0) is 12.0. The van der Waals surface area contributed by atoms with Crippen LogP contribution in [0.3, 0.4) is 0 Å². The zero-order valence-corrected chi connectivity index (χ0v) is 9.32. The molecule has 2 N–H and O–H groups in total. The van der Waals surface area contributed by atoms with E-state index in [-0.39, 0.29) is 12.3 Å². The Morgan fingerprint density at radius 1 is 1.69 bits per heavy atom. The lowest BCUT2D eigenvalue weighted by Gasteiger charge is -2.34. The number of carboxylic acids is 1. The van der Waals surface area contributed by atoms with Crippen LogP contribution in [0.2, 0.25) is 0 Å². The van der Waals surface area contributed by atoms with Crippen LogP contribution in [0.15, 0.2) is 12.7 Å². The number of amides is 1. The Morgan fingerprint density at radius 3 is 3.06 bits per heavy atom. The quantitative estimate of drug-likeness (QED) is 0.502. The normalized spacial score (nSPS) is 21.5. The zero-order valence-electron chi connectivity index (χ0n) is 9.32. The van der Waals surface area contributed by atoms with Gasteiger partial charge in [0.15, 0.2) is 0 Å². The number of carbonyl (C=O) groups excluding carboxylic acids is 1. The van der Waals surface area contributed by atoms with E-state index in [9.17, 15) is 9.59 Å². The van der Waals surface area contributed by atoms with Crippen molar-refractivity contribution in [2.75, 3.05) is 19.6 Å². The van der Waals surface area contributed by atoms with E-state index >= 15 is 0 Å². The Morgan fingerprint density at radius 2 is 2.44 bits per heavy atom. The molecule has 5 heteroatoms. The fraction of sp³-hybridized carbons (Fsp3) is 0.636. The standard InChI is InChI=1S/C11H18N2O3/c1-2-3-4-6-13-7-5-12-11(16)9(13)8-10(14)15/h2,9H,1,3-8H2,(H,12,16)(H,14,15). The predicted molar refractivity (Wildman–Crippen MR) is 60.1 cm³/mol. The van der Waals surface area contributed by atoms with Crippen molar-refractivity contribution in [1.29, 1.82) is 0 Å². The smallest absolute Gasteiger partial charge is 0.305 e. The molecular weight excluding hydrogens is 208 g/mol. The first-order valence-corrected chi connectivity index (χ1v) is 5.49. The van der Waals surface area contributed by atoms with Crippen molar-refractivity contribution < 1.29 is 14.7 Å². The summed E-state index contributed by atoms with van der Waals surface area (Å²) in [6, 6.07) is -0.518. The van der Waals surface area contributed by atoms with Gasteiger partial charge in [-0.25, -0.2) is 0 Å². The summed E-state index contributed by atoms with van der Waals surface area (Å²) in [5, 5.41) is 11.4. The molecule has 0 aromatic rings. The van der Waals surface area contributed by atoms with Gasteiger partial charge < -0.3 is 10.4 Å². The third-order valence-corrected chi connectivity index (χ3v) is 2.66. The maximum Gasteiger partial charge on any atom is 0.305 e. The largest absolute Gasteiger partial charge is 0.481 e. The van der Waals surface area contributed by atoms with Crippen molar-refractivity contribution in [1.82, 2.24) is 10.2 Å². The number of nitrogens with one attached hydrogen (secondary N) is 1. The average Bonchev–Trinajstić information content (AvgIpc) is 2.23. The summed E-state index contributed by atoms with van der Waals surface area (Å²) in [4.78, 5) is 24.1. The first kappa shape index (κ1) is 12.7. The molecule has 1 heterocycles. The number of rotatable bonds is 6. The number of carbonyl (C=O) groups is 2. The van der Waals surface area contributed by atoms with Crippen molar-refractivity contribution >= 4 is 11.9 Å². The van der Waals surface area contributed by atoms with Crippen LogP contribution >= 0.6 is 0 Å². The molecular formula is C11H18N2O3. The van der Waals surface area contributed by atoms with E-state index in [0.29, 0.717) is 6.54 Å². The van der Waals surface area contributed by atoms with Crippen LogP contribution in [-0.4, -0.2) is 47.6 Å². The first-order valence-electron chi connectivity index (χ1n) is 5.49. The average molecular weight is 226 g/mol.